The van der Waals surface area contributed by atoms with Gasteiger partial charge >= 0.3 is 6.08 Å². The highest BCUT2D eigenvalue weighted by Gasteiger charge is 2.34. The maximum atomic E-state index is 12.4. The van der Waals surface area contributed by atoms with Crippen LogP contribution in [0.5, 0.6) is 0 Å². The summed E-state index contributed by atoms with van der Waals surface area (Å²) in [4.78, 5) is 0.0967. The Kier molecular flexibility index (Phi) is 4.90. The Bertz CT molecular complexity index is 873. The minimum absolute atomic E-state index is 0.0967. The van der Waals surface area contributed by atoms with Gasteiger partial charge in [-0.2, -0.15) is 8.42 Å². The summed E-state index contributed by atoms with van der Waals surface area (Å²) in [5, 5.41) is 0. The fourth-order valence-corrected chi connectivity index (χ4v) is 3.39. The minimum atomic E-state index is -3.88. The van der Waals surface area contributed by atoms with Crippen LogP contribution in [-0.2, 0) is 25.9 Å². The molecule has 0 amide bonds. The maximum Gasteiger partial charge on any atom is 0.401 e. The number of sulfonamides is 1. The van der Waals surface area contributed by atoms with Crippen LogP contribution in [-0.4, -0.2) is 26.7 Å². The van der Waals surface area contributed by atoms with E-state index in [0.717, 1.165) is 11.1 Å². The lowest BCUT2D eigenvalue weighted by Crippen LogP contribution is -2.22. The third-order valence-corrected chi connectivity index (χ3v) is 5.14. The SMILES string of the molecule is C=C[C@H]1O/C(=N/S(=O)(=O)c2ccc(C)cc2)O[C@@H]1Cc1ccccc1. The molecule has 0 unspecified atom stereocenters. The molecule has 6 heteroatoms. The Hall–Kier alpha value is -2.60. The second-order valence-corrected chi connectivity index (χ2v) is 7.41. The number of aryl methyl sites for hydroxylation is 1. The Morgan fingerprint density at radius 2 is 1.76 bits per heavy atom. The lowest BCUT2D eigenvalue weighted by atomic mass is 10.0. The largest absolute Gasteiger partial charge is 0.442 e. The molecule has 1 fully saturated rings. The first-order valence-corrected chi connectivity index (χ1v) is 9.33. The third kappa shape index (κ3) is 4.09. The average Bonchev–Trinajstić information content (AvgIpc) is 2.97. The van der Waals surface area contributed by atoms with Gasteiger partial charge in [0.2, 0.25) is 0 Å². The van der Waals surface area contributed by atoms with Gasteiger partial charge in [-0.25, -0.2) is 0 Å². The van der Waals surface area contributed by atoms with E-state index in [1.165, 1.54) is 12.1 Å². The van der Waals surface area contributed by atoms with Gasteiger partial charge in [-0.15, -0.1) is 0 Å². The molecule has 0 radical (unpaired) electrons. The minimum Gasteiger partial charge on any atom is -0.442 e. The lowest BCUT2D eigenvalue weighted by molar-refractivity contribution is 0.190. The van der Waals surface area contributed by atoms with Crippen molar-refractivity contribution < 1.29 is 17.9 Å². The van der Waals surface area contributed by atoms with Gasteiger partial charge in [-0.05, 0) is 30.7 Å². The Morgan fingerprint density at radius 1 is 1.08 bits per heavy atom. The van der Waals surface area contributed by atoms with E-state index in [2.05, 4.69) is 11.0 Å². The summed E-state index contributed by atoms with van der Waals surface area (Å²) in [5.74, 6) is 0. The van der Waals surface area contributed by atoms with Gasteiger partial charge in [0.1, 0.15) is 6.10 Å². The van der Waals surface area contributed by atoms with E-state index >= 15 is 0 Å². The van der Waals surface area contributed by atoms with E-state index in [1.54, 1.807) is 18.2 Å². The number of nitrogens with zero attached hydrogens (tertiary/aromatic N) is 1. The zero-order valence-corrected chi connectivity index (χ0v) is 14.6. The second kappa shape index (κ2) is 7.11. The van der Waals surface area contributed by atoms with Crippen molar-refractivity contribution >= 4 is 16.1 Å². The number of hydrogen-bond acceptors (Lipinski definition) is 4. The molecule has 0 N–H and O–H groups in total. The molecule has 1 aliphatic heterocycles. The van der Waals surface area contributed by atoms with Crippen LogP contribution in [0.2, 0.25) is 0 Å². The molecule has 25 heavy (non-hydrogen) atoms. The number of benzene rings is 2. The van der Waals surface area contributed by atoms with Gasteiger partial charge < -0.3 is 9.47 Å². The first-order chi connectivity index (χ1) is 12.0. The first-order valence-electron chi connectivity index (χ1n) is 7.89. The van der Waals surface area contributed by atoms with Gasteiger partial charge in [0.25, 0.3) is 10.0 Å². The van der Waals surface area contributed by atoms with Crippen LogP contribution in [0.3, 0.4) is 0 Å². The fraction of sp³-hybridized carbons (Fsp3) is 0.211. The van der Waals surface area contributed by atoms with Gasteiger partial charge in [-0.3, -0.25) is 0 Å². The van der Waals surface area contributed by atoms with Crippen molar-refractivity contribution in [2.75, 3.05) is 0 Å². The molecule has 0 aromatic heterocycles. The van der Waals surface area contributed by atoms with Crippen molar-refractivity contribution in [1.82, 2.24) is 0 Å². The van der Waals surface area contributed by atoms with Crippen LogP contribution in [0.4, 0.5) is 0 Å². The van der Waals surface area contributed by atoms with Crippen molar-refractivity contribution in [2.24, 2.45) is 4.40 Å². The van der Waals surface area contributed by atoms with Gasteiger partial charge in [0, 0.05) is 6.42 Å². The molecule has 1 heterocycles. The standard InChI is InChI=1S/C19H19NO4S/c1-3-17-18(13-15-7-5-4-6-8-15)24-19(23-17)20-25(21,22)16-11-9-14(2)10-12-16/h3-12,17-18H,1,13H2,2H3/b20-19-/t17-,18-/m1/s1. The molecule has 0 aliphatic carbocycles. The summed E-state index contributed by atoms with van der Waals surface area (Å²) in [7, 11) is -3.88. The Balaban J connectivity index is 1.80. The quantitative estimate of drug-likeness (QED) is 0.771. The van der Waals surface area contributed by atoms with E-state index in [0.29, 0.717) is 6.42 Å². The Morgan fingerprint density at radius 3 is 2.40 bits per heavy atom. The van der Waals surface area contributed by atoms with Crippen LogP contribution in [0.1, 0.15) is 11.1 Å². The summed E-state index contributed by atoms with van der Waals surface area (Å²) in [6, 6.07) is 16.2. The van der Waals surface area contributed by atoms with Crippen LogP contribution < -0.4 is 0 Å². The molecule has 2 atom stereocenters. The molecule has 2 aromatic carbocycles. The lowest BCUT2D eigenvalue weighted by Gasteiger charge is -2.11. The molecular weight excluding hydrogens is 338 g/mol. The smallest absolute Gasteiger partial charge is 0.401 e. The maximum absolute atomic E-state index is 12.4. The highest BCUT2D eigenvalue weighted by Crippen LogP contribution is 2.22. The molecule has 1 saturated heterocycles. The summed E-state index contributed by atoms with van der Waals surface area (Å²) in [6.45, 7) is 5.61. The topological polar surface area (TPSA) is 65.0 Å². The molecule has 0 spiro atoms. The van der Waals surface area contributed by atoms with E-state index in [1.807, 2.05) is 37.3 Å². The van der Waals surface area contributed by atoms with Gasteiger partial charge in [0.05, 0.1) is 4.90 Å². The molecule has 0 saturated carbocycles. The van der Waals surface area contributed by atoms with Crippen LogP contribution >= 0.6 is 0 Å². The van der Waals surface area contributed by atoms with Crippen LogP contribution in [0.25, 0.3) is 0 Å². The van der Waals surface area contributed by atoms with Gasteiger partial charge in [0.15, 0.2) is 6.10 Å². The first kappa shape index (κ1) is 17.2. The number of ether oxygens (including phenoxy) is 2. The highest BCUT2D eigenvalue weighted by atomic mass is 32.2. The second-order valence-electron chi connectivity index (χ2n) is 5.81. The molecule has 1 aliphatic rings. The zero-order chi connectivity index (χ0) is 17.9. The highest BCUT2D eigenvalue weighted by molar-refractivity contribution is 7.90. The molecule has 0 bridgehead atoms. The molecule has 130 valence electrons. The third-order valence-electron chi connectivity index (χ3n) is 3.88. The van der Waals surface area contributed by atoms with Crippen molar-refractivity contribution in [1.29, 1.82) is 0 Å². The zero-order valence-electron chi connectivity index (χ0n) is 13.8. The monoisotopic (exact) mass is 357 g/mol. The predicted octanol–water partition coefficient (Wildman–Crippen LogP) is 3.25. The number of hydrogen-bond donors (Lipinski definition) is 0. The van der Waals surface area contributed by atoms with Crippen LogP contribution in [0.15, 0.2) is 76.5 Å². The fourth-order valence-electron chi connectivity index (χ4n) is 2.52. The van der Waals surface area contributed by atoms with E-state index in [9.17, 15) is 8.42 Å². The van der Waals surface area contributed by atoms with E-state index < -0.39 is 16.1 Å². The molecule has 3 rings (SSSR count). The summed E-state index contributed by atoms with van der Waals surface area (Å²) < 4.78 is 39.6. The van der Waals surface area contributed by atoms with E-state index in [4.69, 9.17) is 9.47 Å². The van der Waals surface area contributed by atoms with Crippen molar-refractivity contribution in [3.63, 3.8) is 0 Å². The predicted molar refractivity (Wildman–Crippen MR) is 95.9 cm³/mol. The Labute approximate surface area is 147 Å². The van der Waals surface area contributed by atoms with Crippen molar-refractivity contribution in [3.8, 4) is 0 Å². The van der Waals surface area contributed by atoms with Gasteiger partial charge in [-0.1, -0.05) is 59.0 Å². The summed E-state index contributed by atoms with van der Waals surface area (Å²) >= 11 is 0. The van der Waals surface area contributed by atoms with Crippen molar-refractivity contribution in [2.45, 2.75) is 30.4 Å². The average molecular weight is 357 g/mol. The van der Waals surface area contributed by atoms with Crippen LogP contribution in [0, 0.1) is 6.92 Å². The van der Waals surface area contributed by atoms with Crippen molar-refractivity contribution in [3.05, 3.63) is 78.4 Å². The number of rotatable bonds is 5. The normalized spacial score (nSPS) is 21.6. The molecule has 5 nitrogen and oxygen atoms in total. The van der Waals surface area contributed by atoms with E-state index in [-0.39, 0.29) is 17.1 Å². The molecule has 2 aromatic rings. The summed E-state index contributed by atoms with van der Waals surface area (Å²) in [5.41, 5.74) is 2.03. The molecular formula is C19H19NO4S. The summed E-state index contributed by atoms with van der Waals surface area (Å²) in [6.07, 6.45) is 1.10.